The highest BCUT2D eigenvalue weighted by molar-refractivity contribution is 6.31. The molecule has 1 aromatic rings. The first-order valence-electron chi connectivity index (χ1n) is 5.79. The maximum atomic E-state index is 12.8. The molecule has 0 aliphatic carbocycles. The minimum absolute atomic E-state index is 0.111. The van der Waals surface area contributed by atoms with Crippen LogP contribution in [-0.4, -0.2) is 32.1 Å². The van der Waals surface area contributed by atoms with Crippen LogP contribution in [0.1, 0.15) is 16.7 Å². The van der Waals surface area contributed by atoms with Crippen LogP contribution < -0.4 is 4.74 Å². The van der Waals surface area contributed by atoms with E-state index in [4.69, 9.17) is 16.3 Å². The van der Waals surface area contributed by atoms with Crippen LogP contribution in [-0.2, 0) is 6.18 Å². The summed E-state index contributed by atoms with van der Waals surface area (Å²) in [4.78, 5) is 1.92. The average Bonchev–Trinajstić information content (AvgIpc) is 2.22. The Hall–Kier alpha value is -0.940. The number of halogens is 4. The van der Waals surface area contributed by atoms with Gasteiger partial charge in [-0.05, 0) is 45.1 Å². The Morgan fingerprint density at radius 1 is 1.21 bits per heavy atom. The van der Waals surface area contributed by atoms with Crippen molar-refractivity contribution < 1.29 is 17.9 Å². The van der Waals surface area contributed by atoms with E-state index in [0.29, 0.717) is 24.5 Å². The van der Waals surface area contributed by atoms with Gasteiger partial charge in [0.05, 0.1) is 10.6 Å². The van der Waals surface area contributed by atoms with Crippen molar-refractivity contribution in [1.29, 1.82) is 0 Å². The quantitative estimate of drug-likeness (QED) is 0.835. The highest BCUT2D eigenvalue weighted by Crippen LogP contribution is 2.41. The summed E-state index contributed by atoms with van der Waals surface area (Å²) >= 11 is 5.72. The largest absolute Gasteiger partial charge is 0.492 e. The summed E-state index contributed by atoms with van der Waals surface area (Å²) in [6, 6.07) is 1.24. The Morgan fingerprint density at radius 3 is 2.26 bits per heavy atom. The van der Waals surface area contributed by atoms with Crippen molar-refractivity contribution in [2.45, 2.75) is 20.0 Å². The van der Waals surface area contributed by atoms with Crippen molar-refractivity contribution in [3.05, 3.63) is 27.8 Å². The minimum atomic E-state index is -4.45. The Labute approximate surface area is 116 Å². The molecule has 0 bridgehead atoms. The molecule has 19 heavy (non-hydrogen) atoms. The number of hydrogen-bond donors (Lipinski definition) is 0. The third-order valence-electron chi connectivity index (χ3n) is 2.88. The molecule has 0 atom stereocenters. The molecule has 108 valence electrons. The Bertz CT molecular complexity index is 458. The van der Waals surface area contributed by atoms with Crippen molar-refractivity contribution in [1.82, 2.24) is 4.90 Å². The summed E-state index contributed by atoms with van der Waals surface area (Å²) in [5.74, 6) is 0.400. The maximum Gasteiger partial charge on any atom is 0.418 e. The van der Waals surface area contributed by atoms with Crippen molar-refractivity contribution in [3.8, 4) is 5.75 Å². The summed E-state index contributed by atoms with van der Waals surface area (Å²) in [5.41, 5.74) is -0.207. The van der Waals surface area contributed by atoms with Gasteiger partial charge in [0.1, 0.15) is 12.4 Å². The zero-order chi connectivity index (χ0) is 14.8. The van der Waals surface area contributed by atoms with Gasteiger partial charge in [0.15, 0.2) is 0 Å². The van der Waals surface area contributed by atoms with Gasteiger partial charge in [-0.3, -0.25) is 0 Å². The minimum Gasteiger partial charge on any atom is -0.492 e. The lowest BCUT2D eigenvalue weighted by atomic mass is 10.0. The molecule has 0 heterocycles. The molecule has 0 aliphatic heterocycles. The molecule has 2 nitrogen and oxygen atoms in total. The third-order valence-corrected chi connectivity index (χ3v) is 3.18. The van der Waals surface area contributed by atoms with E-state index in [0.717, 1.165) is 0 Å². The normalized spacial score (nSPS) is 12.1. The van der Waals surface area contributed by atoms with Crippen LogP contribution in [0.15, 0.2) is 6.07 Å². The molecular weight excluding hydrogens is 279 g/mol. The molecule has 0 spiro atoms. The molecule has 6 heteroatoms. The Balaban J connectivity index is 3.05. The van der Waals surface area contributed by atoms with Gasteiger partial charge in [-0.1, -0.05) is 11.6 Å². The van der Waals surface area contributed by atoms with Crippen molar-refractivity contribution in [2.75, 3.05) is 27.2 Å². The fourth-order valence-electron chi connectivity index (χ4n) is 1.68. The molecule has 0 saturated carbocycles. The maximum absolute atomic E-state index is 12.8. The van der Waals surface area contributed by atoms with Gasteiger partial charge >= 0.3 is 6.18 Å². The summed E-state index contributed by atoms with van der Waals surface area (Å²) in [6.45, 7) is 4.08. The van der Waals surface area contributed by atoms with E-state index in [1.807, 2.05) is 19.0 Å². The van der Waals surface area contributed by atoms with E-state index >= 15 is 0 Å². The molecule has 0 aliphatic rings. The molecule has 0 aromatic heterocycles. The lowest BCUT2D eigenvalue weighted by Gasteiger charge is -2.18. The molecule has 0 amide bonds. The van der Waals surface area contributed by atoms with E-state index in [9.17, 15) is 13.2 Å². The molecular formula is C13H17ClF3NO. The van der Waals surface area contributed by atoms with E-state index < -0.39 is 11.7 Å². The topological polar surface area (TPSA) is 12.5 Å². The van der Waals surface area contributed by atoms with Crippen LogP contribution in [0.5, 0.6) is 5.75 Å². The van der Waals surface area contributed by atoms with Crippen LogP contribution in [0.2, 0.25) is 5.02 Å². The van der Waals surface area contributed by atoms with E-state index in [1.54, 1.807) is 6.92 Å². The zero-order valence-corrected chi connectivity index (χ0v) is 12.1. The van der Waals surface area contributed by atoms with Gasteiger partial charge in [0.25, 0.3) is 0 Å². The lowest BCUT2D eigenvalue weighted by molar-refractivity contribution is -0.138. The van der Waals surface area contributed by atoms with Crippen molar-refractivity contribution >= 4 is 11.6 Å². The van der Waals surface area contributed by atoms with Crippen LogP contribution in [0.4, 0.5) is 13.2 Å². The van der Waals surface area contributed by atoms with Crippen LogP contribution in [0, 0.1) is 13.8 Å². The predicted octanol–water partition coefficient (Wildman–Crippen LogP) is 3.92. The van der Waals surface area contributed by atoms with Crippen LogP contribution in [0.3, 0.4) is 0 Å². The second kappa shape index (κ2) is 6.01. The summed E-state index contributed by atoms with van der Waals surface area (Å²) < 4.78 is 44.0. The molecule has 0 unspecified atom stereocenters. The van der Waals surface area contributed by atoms with Gasteiger partial charge in [-0.2, -0.15) is 13.2 Å². The second-order valence-electron chi connectivity index (χ2n) is 4.63. The van der Waals surface area contributed by atoms with Gasteiger partial charge in [-0.25, -0.2) is 0 Å². The first kappa shape index (κ1) is 16.1. The van der Waals surface area contributed by atoms with E-state index in [1.165, 1.54) is 13.0 Å². The highest BCUT2D eigenvalue weighted by atomic mass is 35.5. The highest BCUT2D eigenvalue weighted by Gasteiger charge is 2.36. The number of ether oxygens (including phenoxy) is 1. The van der Waals surface area contributed by atoms with E-state index in [2.05, 4.69) is 0 Å². The molecule has 0 saturated heterocycles. The first-order chi connectivity index (χ1) is 8.64. The lowest BCUT2D eigenvalue weighted by Crippen LogP contribution is -2.20. The summed E-state index contributed by atoms with van der Waals surface area (Å²) in [5, 5.41) is -0.324. The first-order valence-corrected chi connectivity index (χ1v) is 6.16. The number of rotatable bonds is 4. The van der Waals surface area contributed by atoms with Crippen LogP contribution >= 0.6 is 11.6 Å². The van der Waals surface area contributed by atoms with Gasteiger partial charge < -0.3 is 9.64 Å². The number of likely N-dealkylation sites (N-methyl/N-ethyl adjacent to an activating group) is 1. The molecule has 1 rings (SSSR count). The van der Waals surface area contributed by atoms with Crippen LogP contribution in [0.25, 0.3) is 0 Å². The fourth-order valence-corrected chi connectivity index (χ4v) is 2.03. The standard InChI is InChI=1S/C13H17ClF3NO/c1-8-9(2)12(13(15,16)17)10(14)7-11(8)19-6-5-18(3)4/h7H,5-6H2,1-4H3. The average molecular weight is 296 g/mol. The van der Waals surface area contributed by atoms with Crippen molar-refractivity contribution in [3.63, 3.8) is 0 Å². The number of hydrogen-bond acceptors (Lipinski definition) is 2. The molecule has 0 radical (unpaired) electrons. The molecule has 1 aromatic carbocycles. The predicted molar refractivity (Wildman–Crippen MR) is 70.0 cm³/mol. The van der Waals surface area contributed by atoms with Crippen molar-refractivity contribution in [2.24, 2.45) is 0 Å². The number of benzene rings is 1. The Kier molecular flexibility index (Phi) is 5.10. The fraction of sp³-hybridized carbons (Fsp3) is 0.538. The molecule has 0 N–H and O–H groups in total. The number of alkyl halides is 3. The Morgan fingerprint density at radius 2 is 1.79 bits per heavy atom. The zero-order valence-electron chi connectivity index (χ0n) is 11.4. The smallest absolute Gasteiger partial charge is 0.418 e. The summed E-state index contributed by atoms with van der Waals surface area (Å²) in [7, 11) is 3.78. The molecule has 0 fully saturated rings. The SMILES string of the molecule is Cc1c(OCCN(C)C)cc(Cl)c(C(F)(F)F)c1C. The monoisotopic (exact) mass is 295 g/mol. The third kappa shape index (κ3) is 4.01. The number of nitrogens with zero attached hydrogens (tertiary/aromatic N) is 1. The van der Waals surface area contributed by atoms with Gasteiger partial charge in [-0.15, -0.1) is 0 Å². The van der Waals surface area contributed by atoms with Gasteiger partial charge in [0.2, 0.25) is 0 Å². The summed E-state index contributed by atoms with van der Waals surface area (Å²) in [6.07, 6.45) is -4.45. The second-order valence-corrected chi connectivity index (χ2v) is 5.04. The van der Waals surface area contributed by atoms with Gasteiger partial charge in [0, 0.05) is 6.54 Å². The van der Waals surface area contributed by atoms with E-state index in [-0.39, 0.29) is 10.6 Å².